The zero-order chi connectivity index (χ0) is 13.0. The van der Waals surface area contributed by atoms with Gasteiger partial charge in [0.05, 0.1) is 12.3 Å². The molecule has 1 fully saturated rings. The summed E-state index contributed by atoms with van der Waals surface area (Å²) in [6.07, 6.45) is 5.79. The van der Waals surface area contributed by atoms with Crippen molar-refractivity contribution in [3.63, 3.8) is 0 Å². The number of nitrogens with one attached hydrogen (secondary N) is 1. The minimum atomic E-state index is 0.219. The van der Waals surface area contributed by atoms with Crippen LogP contribution in [0.25, 0.3) is 0 Å². The zero-order valence-corrected chi connectivity index (χ0v) is 11.8. The monoisotopic (exact) mass is 251 g/mol. The molecule has 0 aliphatic carbocycles. The van der Waals surface area contributed by atoms with Crippen LogP contribution in [0.1, 0.15) is 43.5 Å². The topological polar surface area (TPSA) is 39.1 Å². The Hall–Kier alpha value is -0.870. The Morgan fingerprint density at radius 1 is 1.56 bits per heavy atom. The predicted molar refractivity (Wildman–Crippen MR) is 72.5 cm³/mol. The standard InChI is InChI=1S/C14H25N3O/c1-4-7-15-9-12-6-5-8-18-14(12)13-10-16-17(3)11(13)2/h10,12,14-15H,4-9H2,1-3H3. The summed E-state index contributed by atoms with van der Waals surface area (Å²) >= 11 is 0. The second-order valence-electron chi connectivity index (χ2n) is 5.21. The zero-order valence-electron chi connectivity index (χ0n) is 11.8. The van der Waals surface area contributed by atoms with Crippen molar-refractivity contribution < 1.29 is 4.74 Å². The first-order valence-electron chi connectivity index (χ1n) is 7.04. The third-order valence-corrected chi connectivity index (χ3v) is 3.86. The molecule has 0 radical (unpaired) electrons. The van der Waals surface area contributed by atoms with Gasteiger partial charge in [-0.25, -0.2) is 0 Å². The van der Waals surface area contributed by atoms with Crippen LogP contribution in [0.2, 0.25) is 0 Å². The van der Waals surface area contributed by atoms with Gasteiger partial charge in [-0.1, -0.05) is 6.92 Å². The van der Waals surface area contributed by atoms with Gasteiger partial charge in [-0.3, -0.25) is 4.68 Å². The average Bonchev–Trinajstić information content (AvgIpc) is 2.71. The largest absolute Gasteiger partial charge is 0.373 e. The van der Waals surface area contributed by atoms with Gasteiger partial charge in [-0.05, 0) is 32.7 Å². The van der Waals surface area contributed by atoms with Gasteiger partial charge in [0.1, 0.15) is 0 Å². The van der Waals surface area contributed by atoms with E-state index in [2.05, 4.69) is 24.3 Å². The van der Waals surface area contributed by atoms with Crippen molar-refractivity contribution >= 4 is 0 Å². The van der Waals surface area contributed by atoms with Crippen molar-refractivity contribution in [2.45, 2.75) is 39.2 Å². The number of ether oxygens (including phenoxy) is 1. The van der Waals surface area contributed by atoms with Crippen LogP contribution in [0.15, 0.2) is 6.20 Å². The highest BCUT2D eigenvalue weighted by atomic mass is 16.5. The molecule has 4 heteroatoms. The molecule has 2 rings (SSSR count). The van der Waals surface area contributed by atoms with Gasteiger partial charge in [0.25, 0.3) is 0 Å². The molecule has 1 aromatic heterocycles. The highest BCUT2D eigenvalue weighted by Crippen LogP contribution is 2.34. The minimum Gasteiger partial charge on any atom is -0.373 e. The summed E-state index contributed by atoms with van der Waals surface area (Å²) < 4.78 is 7.94. The van der Waals surface area contributed by atoms with Crippen LogP contribution in [-0.4, -0.2) is 29.5 Å². The fourth-order valence-corrected chi connectivity index (χ4v) is 2.66. The Labute approximate surface area is 110 Å². The van der Waals surface area contributed by atoms with Crippen molar-refractivity contribution in [1.29, 1.82) is 0 Å². The molecule has 0 amide bonds. The molecule has 0 bridgehead atoms. The smallest absolute Gasteiger partial charge is 0.0898 e. The summed E-state index contributed by atoms with van der Waals surface area (Å²) in [5, 5.41) is 7.86. The lowest BCUT2D eigenvalue weighted by Crippen LogP contribution is -2.32. The number of nitrogens with zero attached hydrogens (tertiary/aromatic N) is 2. The van der Waals surface area contributed by atoms with Crippen LogP contribution >= 0.6 is 0 Å². The van der Waals surface area contributed by atoms with E-state index in [-0.39, 0.29) is 6.10 Å². The molecule has 1 aliphatic rings. The van der Waals surface area contributed by atoms with E-state index in [9.17, 15) is 0 Å². The van der Waals surface area contributed by atoms with Crippen molar-refractivity contribution in [2.75, 3.05) is 19.7 Å². The molecule has 102 valence electrons. The van der Waals surface area contributed by atoms with E-state index in [1.54, 1.807) is 0 Å². The molecule has 1 N–H and O–H groups in total. The molecule has 18 heavy (non-hydrogen) atoms. The molecule has 2 unspecified atom stereocenters. The van der Waals surface area contributed by atoms with E-state index >= 15 is 0 Å². The van der Waals surface area contributed by atoms with Gasteiger partial charge in [0.15, 0.2) is 0 Å². The Balaban J connectivity index is 2.05. The lowest BCUT2D eigenvalue weighted by atomic mass is 9.89. The molecule has 1 aliphatic heterocycles. The van der Waals surface area contributed by atoms with Crippen LogP contribution in [-0.2, 0) is 11.8 Å². The predicted octanol–water partition coefficient (Wildman–Crippen LogP) is 2.20. The van der Waals surface area contributed by atoms with E-state index in [4.69, 9.17) is 4.74 Å². The van der Waals surface area contributed by atoms with Crippen LogP contribution in [0.5, 0.6) is 0 Å². The Morgan fingerprint density at radius 3 is 3.06 bits per heavy atom. The summed E-state index contributed by atoms with van der Waals surface area (Å²) in [4.78, 5) is 0. The third kappa shape index (κ3) is 2.93. The summed E-state index contributed by atoms with van der Waals surface area (Å²) in [5.41, 5.74) is 2.49. The van der Waals surface area contributed by atoms with Gasteiger partial charge < -0.3 is 10.1 Å². The normalized spacial score (nSPS) is 24.4. The third-order valence-electron chi connectivity index (χ3n) is 3.86. The Kier molecular flexibility index (Phi) is 4.78. The molecule has 0 saturated carbocycles. The van der Waals surface area contributed by atoms with E-state index < -0.39 is 0 Å². The second-order valence-corrected chi connectivity index (χ2v) is 5.21. The van der Waals surface area contributed by atoms with E-state index in [0.29, 0.717) is 5.92 Å². The second kappa shape index (κ2) is 6.34. The molecular formula is C14H25N3O. The fraction of sp³-hybridized carbons (Fsp3) is 0.786. The van der Waals surface area contributed by atoms with Gasteiger partial charge in [0, 0.05) is 37.4 Å². The summed E-state index contributed by atoms with van der Waals surface area (Å²) in [5.74, 6) is 0.577. The van der Waals surface area contributed by atoms with Crippen molar-refractivity contribution in [3.8, 4) is 0 Å². The Bertz CT molecular complexity index is 375. The maximum absolute atomic E-state index is 6.01. The summed E-state index contributed by atoms with van der Waals surface area (Å²) in [6.45, 7) is 7.34. The number of aromatic nitrogens is 2. The minimum absolute atomic E-state index is 0.219. The molecule has 2 atom stereocenters. The number of aryl methyl sites for hydroxylation is 1. The average molecular weight is 251 g/mol. The lowest BCUT2D eigenvalue weighted by molar-refractivity contribution is -0.0281. The number of rotatable bonds is 5. The van der Waals surface area contributed by atoms with Gasteiger partial charge in [-0.15, -0.1) is 0 Å². The van der Waals surface area contributed by atoms with E-state index in [1.807, 2.05) is 17.9 Å². The van der Waals surface area contributed by atoms with Gasteiger partial charge >= 0.3 is 0 Å². The molecule has 2 heterocycles. The van der Waals surface area contributed by atoms with Crippen LogP contribution in [0, 0.1) is 12.8 Å². The first-order chi connectivity index (χ1) is 8.74. The number of hydrogen-bond acceptors (Lipinski definition) is 3. The summed E-state index contributed by atoms with van der Waals surface area (Å²) in [6, 6.07) is 0. The molecule has 1 saturated heterocycles. The van der Waals surface area contributed by atoms with Gasteiger partial charge in [0.2, 0.25) is 0 Å². The Morgan fingerprint density at radius 2 is 2.39 bits per heavy atom. The molecule has 1 aromatic rings. The first kappa shape index (κ1) is 13.6. The first-order valence-corrected chi connectivity index (χ1v) is 7.04. The van der Waals surface area contributed by atoms with E-state index in [1.165, 1.54) is 30.5 Å². The van der Waals surface area contributed by atoms with Crippen LogP contribution in [0.3, 0.4) is 0 Å². The maximum atomic E-state index is 6.01. The maximum Gasteiger partial charge on any atom is 0.0898 e. The van der Waals surface area contributed by atoms with Crippen molar-refractivity contribution in [1.82, 2.24) is 15.1 Å². The van der Waals surface area contributed by atoms with Crippen molar-refractivity contribution in [2.24, 2.45) is 13.0 Å². The molecule has 0 aromatic carbocycles. The number of hydrogen-bond donors (Lipinski definition) is 1. The SMILES string of the molecule is CCCNCC1CCCOC1c1cnn(C)c1C. The highest BCUT2D eigenvalue weighted by Gasteiger charge is 2.29. The lowest BCUT2D eigenvalue weighted by Gasteiger charge is -2.32. The van der Waals surface area contributed by atoms with Crippen LogP contribution in [0.4, 0.5) is 0 Å². The van der Waals surface area contributed by atoms with Gasteiger partial charge in [-0.2, -0.15) is 5.10 Å². The highest BCUT2D eigenvalue weighted by molar-refractivity contribution is 5.20. The summed E-state index contributed by atoms with van der Waals surface area (Å²) in [7, 11) is 1.99. The van der Waals surface area contributed by atoms with E-state index in [0.717, 1.165) is 19.7 Å². The quantitative estimate of drug-likeness (QED) is 0.815. The molecule has 4 nitrogen and oxygen atoms in total. The van der Waals surface area contributed by atoms with Crippen molar-refractivity contribution in [3.05, 3.63) is 17.5 Å². The molecular weight excluding hydrogens is 226 g/mol. The fourth-order valence-electron chi connectivity index (χ4n) is 2.66. The molecule has 0 spiro atoms. The van der Waals surface area contributed by atoms with Crippen LogP contribution < -0.4 is 5.32 Å².